The first-order valence-corrected chi connectivity index (χ1v) is 6.78. The average molecular weight is 262 g/mol. The van der Waals surface area contributed by atoms with Gasteiger partial charge in [0.2, 0.25) is 5.91 Å². The maximum atomic E-state index is 12.1. The van der Waals surface area contributed by atoms with Crippen molar-refractivity contribution >= 4 is 11.6 Å². The number of nitrogens with one attached hydrogen (secondary N) is 1. The van der Waals surface area contributed by atoms with Crippen molar-refractivity contribution < 1.29 is 9.90 Å². The third kappa shape index (κ3) is 2.73. The molecule has 1 aromatic carbocycles. The Balaban J connectivity index is 2.39. The molecule has 0 aliphatic carbocycles. The van der Waals surface area contributed by atoms with Crippen molar-refractivity contribution in [3.63, 3.8) is 0 Å². The largest absolute Gasteiger partial charge is 0.394 e. The highest BCUT2D eigenvalue weighted by Gasteiger charge is 2.30. The zero-order valence-corrected chi connectivity index (χ0v) is 11.8. The van der Waals surface area contributed by atoms with E-state index < -0.39 is 6.04 Å². The minimum Gasteiger partial charge on any atom is -0.394 e. The van der Waals surface area contributed by atoms with E-state index in [2.05, 4.69) is 25.2 Å². The van der Waals surface area contributed by atoms with E-state index in [1.54, 1.807) is 0 Å². The first-order valence-electron chi connectivity index (χ1n) is 6.78. The van der Waals surface area contributed by atoms with Crippen LogP contribution >= 0.6 is 0 Å². The fraction of sp³-hybridized carbons (Fsp3) is 0.533. The Kier molecular flexibility index (Phi) is 4.10. The van der Waals surface area contributed by atoms with Gasteiger partial charge in [-0.25, -0.2) is 0 Å². The van der Waals surface area contributed by atoms with Gasteiger partial charge in [0.05, 0.1) is 6.61 Å². The summed E-state index contributed by atoms with van der Waals surface area (Å²) in [5.74, 6) is -0.0894. The van der Waals surface area contributed by atoms with Gasteiger partial charge in [-0.2, -0.15) is 0 Å². The molecule has 1 saturated heterocycles. The summed E-state index contributed by atoms with van der Waals surface area (Å²) in [6.45, 7) is 6.74. The van der Waals surface area contributed by atoms with Gasteiger partial charge >= 0.3 is 0 Å². The fourth-order valence-corrected chi connectivity index (χ4v) is 2.56. The molecular formula is C15H22N2O2. The van der Waals surface area contributed by atoms with Crippen molar-refractivity contribution in [3.05, 3.63) is 29.3 Å². The molecule has 0 spiro atoms. The number of amides is 1. The Labute approximate surface area is 114 Å². The monoisotopic (exact) mass is 262 g/mol. The van der Waals surface area contributed by atoms with Crippen LogP contribution in [0.3, 0.4) is 0 Å². The number of rotatable bonds is 2. The zero-order valence-electron chi connectivity index (χ0n) is 11.8. The van der Waals surface area contributed by atoms with Crippen molar-refractivity contribution in [2.24, 2.45) is 0 Å². The minimum atomic E-state index is -0.495. The first-order chi connectivity index (χ1) is 9.04. The summed E-state index contributed by atoms with van der Waals surface area (Å²) < 4.78 is 0. The molecule has 2 atom stereocenters. The van der Waals surface area contributed by atoms with Crippen molar-refractivity contribution in [3.8, 4) is 0 Å². The van der Waals surface area contributed by atoms with E-state index in [4.69, 9.17) is 0 Å². The number of aliphatic hydroxyl groups excluding tert-OH is 1. The predicted molar refractivity (Wildman–Crippen MR) is 76.4 cm³/mol. The summed E-state index contributed by atoms with van der Waals surface area (Å²) in [4.78, 5) is 14.2. The number of carbonyl (C=O) groups is 1. The van der Waals surface area contributed by atoms with Crippen LogP contribution < -0.4 is 10.2 Å². The molecule has 104 valence electrons. The standard InChI is InChI=1S/C15H22N2O2/c1-10-5-4-6-13(12(10)3)17-8-7-11(2)16-15(19)14(17)9-18/h4-6,11,14,18H,7-9H2,1-3H3,(H,16,19). The van der Waals surface area contributed by atoms with Gasteiger partial charge in [0.25, 0.3) is 0 Å². The lowest BCUT2D eigenvalue weighted by atomic mass is 10.1. The maximum absolute atomic E-state index is 12.1. The second kappa shape index (κ2) is 5.61. The Morgan fingerprint density at radius 1 is 1.42 bits per heavy atom. The van der Waals surface area contributed by atoms with Crippen LogP contribution in [0.4, 0.5) is 5.69 Å². The van der Waals surface area contributed by atoms with Crippen LogP contribution in [0.5, 0.6) is 0 Å². The van der Waals surface area contributed by atoms with Gasteiger partial charge in [0.15, 0.2) is 0 Å². The van der Waals surface area contributed by atoms with Gasteiger partial charge in [0, 0.05) is 18.3 Å². The number of anilines is 1. The highest BCUT2D eigenvalue weighted by molar-refractivity contribution is 5.86. The Hall–Kier alpha value is -1.55. The van der Waals surface area contributed by atoms with Crippen molar-refractivity contribution in [2.45, 2.75) is 39.3 Å². The van der Waals surface area contributed by atoms with Crippen LogP contribution in [0.25, 0.3) is 0 Å². The normalized spacial score (nSPS) is 24.0. The van der Waals surface area contributed by atoms with E-state index >= 15 is 0 Å². The van der Waals surface area contributed by atoms with E-state index in [1.165, 1.54) is 11.1 Å². The summed E-state index contributed by atoms with van der Waals surface area (Å²) in [5, 5.41) is 12.5. The molecule has 1 aromatic rings. The molecule has 4 heteroatoms. The smallest absolute Gasteiger partial charge is 0.245 e. The van der Waals surface area contributed by atoms with Gasteiger partial charge in [-0.1, -0.05) is 12.1 Å². The van der Waals surface area contributed by atoms with Crippen molar-refractivity contribution in [1.82, 2.24) is 5.32 Å². The molecule has 1 heterocycles. The molecule has 1 aliphatic rings. The second-order valence-corrected chi connectivity index (χ2v) is 5.31. The van der Waals surface area contributed by atoms with Gasteiger partial charge in [0.1, 0.15) is 6.04 Å². The van der Waals surface area contributed by atoms with Crippen LogP contribution in [0.1, 0.15) is 24.5 Å². The summed E-state index contributed by atoms with van der Waals surface area (Å²) in [5.41, 5.74) is 3.42. The maximum Gasteiger partial charge on any atom is 0.245 e. The average Bonchev–Trinajstić information content (AvgIpc) is 2.51. The molecule has 1 aliphatic heterocycles. The third-order valence-corrected chi connectivity index (χ3v) is 3.93. The molecule has 0 radical (unpaired) electrons. The molecule has 2 N–H and O–H groups in total. The van der Waals surface area contributed by atoms with Crippen LogP contribution in [0.15, 0.2) is 18.2 Å². The molecule has 2 unspecified atom stereocenters. The number of aryl methyl sites for hydroxylation is 1. The highest BCUT2D eigenvalue weighted by atomic mass is 16.3. The van der Waals surface area contributed by atoms with Crippen molar-refractivity contribution in [1.29, 1.82) is 0 Å². The van der Waals surface area contributed by atoms with Gasteiger partial charge in [-0.3, -0.25) is 4.79 Å². The molecule has 2 rings (SSSR count). The molecular weight excluding hydrogens is 240 g/mol. The lowest BCUT2D eigenvalue weighted by Crippen LogP contribution is -2.47. The predicted octanol–water partition coefficient (Wildman–Crippen LogP) is 1.38. The number of hydrogen-bond acceptors (Lipinski definition) is 3. The second-order valence-electron chi connectivity index (χ2n) is 5.31. The number of hydrogen-bond donors (Lipinski definition) is 2. The molecule has 0 saturated carbocycles. The van der Waals surface area contributed by atoms with E-state index in [1.807, 2.05) is 24.0 Å². The molecule has 0 aromatic heterocycles. The SMILES string of the molecule is Cc1cccc(N2CCC(C)NC(=O)C2CO)c1C. The topological polar surface area (TPSA) is 52.6 Å². The quantitative estimate of drug-likeness (QED) is 0.846. The van der Waals surface area contributed by atoms with Gasteiger partial charge < -0.3 is 15.3 Å². The summed E-state index contributed by atoms with van der Waals surface area (Å²) in [6, 6.07) is 5.74. The molecule has 4 nitrogen and oxygen atoms in total. The number of aliphatic hydroxyl groups is 1. The van der Waals surface area contributed by atoms with E-state index in [9.17, 15) is 9.90 Å². The third-order valence-electron chi connectivity index (χ3n) is 3.93. The van der Waals surface area contributed by atoms with E-state index in [0.717, 1.165) is 18.7 Å². The summed E-state index contributed by atoms with van der Waals surface area (Å²) in [7, 11) is 0. The van der Waals surface area contributed by atoms with Crippen LogP contribution in [0, 0.1) is 13.8 Å². The van der Waals surface area contributed by atoms with Crippen LogP contribution in [-0.4, -0.2) is 36.2 Å². The van der Waals surface area contributed by atoms with E-state index in [0.29, 0.717) is 0 Å². The Morgan fingerprint density at radius 2 is 2.16 bits per heavy atom. The first kappa shape index (κ1) is 13.9. The molecule has 1 amide bonds. The lowest BCUT2D eigenvalue weighted by Gasteiger charge is -2.31. The fourth-order valence-electron chi connectivity index (χ4n) is 2.56. The summed E-state index contributed by atoms with van der Waals surface area (Å²) in [6.07, 6.45) is 0.885. The zero-order chi connectivity index (χ0) is 14.0. The number of benzene rings is 1. The number of carbonyl (C=O) groups excluding carboxylic acids is 1. The van der Waals surface area contributed by atoms with Gasteiger partial charge in [-0.15, -0.1) is 0 Å². The van der Waals surface area contributed by atoms with Gasteiger partial charge in [-0.05, 0) is 44.4 Å². The minimum absolute atomic E-state index is 0.0894. The van der Waals surface area contributed by atoms with Crippen LogP contribution in [0.2, 0.25) is 0 Å². The Morgan fingerprint density at radius 3 is 2.84 bits per heavy atom. The molecule has 1 fully saturated rings. The molecule has 19 heavy (non-hydrogen) atoms. The summed E-state index contributed by atoms with van der Waals surface area (Å²) >= 11 is 0. The Bertz CT molecular complexity index is 473. The lowest BCUT2D eigenvalue weighted by molar-refractivity contribution is -0.123. The van der Waals surface area contributed by atoms with Crippen molar-refractivity contribution in [2.75, 3.05) is 18.1 Å². The van der Waals surface area contributed by atoms with Crippen LogP contribution in [-0.2, 0) is 4.79 Å². The number of nitrogens with zero attached hydrogens (tertiary/aromatic N) is 1. The molecule has 0 bridgehead atoms. The van der Waals surface area contributed by atoms with E-state index in [-0.39, 0.29) is 18.6 Å². The highest BCUT2D eigenvalue weighted by Crippen LogP contribution is 2.26.